The van der Waals surface area contributed by atoms with Crippen molar-refractivity contribution in [1.29, 1.82) is 0 Å². The van der Waals surface area contributed by atoms with Gasteiger partial charge >= 0.3 is 6.18 Å². The lowest BCUT2D eigenvalue weighted by atomic mass is 10.0. The Labute approximate surface area is 127 Å². The first-order valence-electron chi connectivity index (χ1n) is 7.00. The maximum atomic E-state index is 12.6. The zero-order valence-corrected chi connectivity index (χ0v) is 12.2. The Balaban J connectivity index is 2.17. The fraction of sp³-hybridized carbons (Fsp3) is 0.294. The minimum atomic E-state index is -4.34. The smallest absolute Gasteiger partial charge is 0.416 e. The molecule has 0 fully saturated rings. The molecule has 0 heterocycles. The molecule has 0 aliphatic rings. The van der Waals surface area contributed by atoms with E-state index in [0.717, 1.165) is 17.7 Å². The molecule has 0 saturated carbocycles. The summed E-state index contributed by atoms with van der Waals surface area (Å²) in [6.45, 7) is 1.87. The molecule has 2 rings (SSSR count). The van der Waals surface area contributed by atoms with Gasteiger partial charge in [-0.3, -0.25) is 0 Å². The Morgan fingerprint density at radius 1 is 1.00 bits per heavy atom. The van der Waals surface area contributed by atoms with Gasteiger partial charge in [-0.25, -0.2) is 0 Å². The lowest BCUT2D eigenvalue weighted by molar-refractivity contribution is -0.137. The quantitative estimate of drug-likeness (QED) is 0.878. The molecule has 22 heavy (non-hydrogen) atoms. The minimum Gasteiger partial charge on any atom is -0.486 e. The molecule has 0 amide bonds. The molecule has 0 saturated heterocycles. The van der Waals surface area contributed by atoms with Gasteiger partial charge in [-0.05, 0) is 36.8 Å². The molecule has 118 valence electrons. The van der Waals surface area contributed by atoms with Gasteiger partial charge in [0.2, 0.25) is 0 Å². The average Bonchev–Trinajstić information content (AvgIpc) is 2.47. The number of benzene rings is 2. The molecule has 0 aromatic heterocycles. The number of halogens is 3. The van der Waals surface area contributed by atoms with Crippen LogP contribution in [0.25, 0.3) is 0 Å². The Morgan fingerprint density at radius 3 is 2.09 bits per heavy atom. The first-order chi connectivity index (χ1) is 10.4. The van der Waals surface area contributed by atoms with Gasteiger partial charge < -0.3 is 10.5 Å². The summed E-state index contributed by atoms with van der Waals surface area (Å²) in [5.74, 6) is 0.391. The lowest BCUT2D eigenvalue weighted by Crippen LogP contribution is -2.21. The van der Waals surface area contributed by atoms with Crippen molar-refractivity contribution in [1.82, 2.24) is 0 Å². The Hall–Kier alpha value is -2.01. The summed E-state index contributed by atoms with van der Waals surface area (Å²) in [5.41, 5.74) is 6.09. The maximum Gasteiger partial charge on any atom is 0.416 e. The number of alkyl halides is 3. The third kappa shape index (κ3) is 4.49. The third-order valence-electron chi connectivity index (χ3n) is 3.22. The van der Waals surface area contributed by atoms with Gasteiger partial charge in [0.1, 0.15) is 11.9 Å². The number of hydrogen-bond acceptors (Lipinski definition) is 2. The predicted octanol–water partition coefficient (Wildman–Crippen LogP) is 4.56. The van der Waals surface area contributed by atoms with Crippen molar-refractivity contribution < 1.29 is 17.9 Å². The SMILES string of the molecule is CC(N)CC(Oc1ccc(C(F)(F)F)cc1)c1ccccc1. The second kappa shape index (κ2) is 6.83. The average molecular weight is 309 g/mol. The maximum absolute atomic E-state index is 12.6. The standard InChI is InChI=1S/C17H18F3NO/c1-12(21)11-16(13-5-3-2-4-6-13)22-15-9-7-14(8-10-15)17(18,19)20/h2-10,12,16H,11,21H2,1H3. The van der Waals surface area contributed by atoms with Crippen molar-refractivity contribution in [3.05, 3.63) is 65.7 Å². The highest BCUT2D eigenvalue weighted by Gasteiger charge is 2.30. The molecule has 2 aromatic rings. The first-order valence-corrected chi connectivity index (χ1v) is 7.00. The molecule has 0 radical (unpaired) electrons. The summed E-state index contributed by atoms with van der Waals surface area (Å²) in [7, 11) is 0. The molecule has 2 unspecified atom stereocenters. The van der Waals surface area contributed by atoms with Crippen molar-refractivity contribution in [2.45, 2.75) is 31.7 Å². The van der Waals surface area contributed by atoms with Gasteiger partial charge in [-0.15, -0.1) is 0 Å². The zero-order chi connectivity index (χ0) is 16.2. The number of rotatable bonds is 5. The van der Waals surface area contributed by atoms with E-state index < -0.39 is 11.7 Å². The second-order valence-electron chi connectivity index (χ2n) is 5.25. The van der Waals surface area contributed by atoms with E-state index >= 15 is 0 Å². The molecule has 0 aliphatic carbocycles. The van der Waals surface area contributed by atoms with Gasteiger partial charge in [0.15, 0.2) is 0 Å². The lowest BCUT2D eigenvalue weighted by Gasteiger charge is -2.21. The Kier molecular flexibility index (Phi) is 5.08. The van der Waals surface area contributed by atoms with Crippen LogP contribution in [-0.4, -0.2) is 6.04 Å². The van der Waals surface area contributed by atoms with Crippen LogP contribution in [0, 0.1) is 0 Å². The van der Waals surface area contributed by atoms with Crippen LogP contribution in [0.2, 0.25) is 0 Å². The van der Waals surface area contributed by atoms with Crippen LogP contribution >= 0.6 is 0 Å². The van der Waals surface area contributed by atoms with Crippen LogP contribution in [0.1, 0.15) is 30.6 Å². The van der Waals surface area contributed by atoms with Crippen molar-refractivity contribution in [3.63, 3.8) is 0 Å². The predicted molar refractivity (Wildman–Crippen MR) is 79.5 cm³/mol. The monoisotopic (exact) mass is 309 g/mol. The Bertz CT molecular complexity index is 579. The minimum absolute atomic E-state index is 0.0837. The summed E-state index contributed by atoms with van der Waals surface area (Å²) in [6.07, 6.45) is -4.06. The topological polar surface area (TPSA) is 35.2 Å². The Morgan fingerprint density at radius 2 is 1.59 bits per heavy atom. The van der Waals surface area contributed by atoms with Crippen LogP contribution in [0.3, 0.4) is 0 Å². The molecule has 0 spiro atoms. The fourth-order valence-corrected chi connectivity index (χ4v) is 2.14. The fourth-order valence-electron chi connectivity index (χ4n) is 2.14. The van der Waals surface area contributed by atoms with Crippen LogP contribution in [0.5, 0.6) is 5.75 Å². The highest BCUT2D eigenvalue weighted by Crippen LogP contribution is 2.32. The highest BCUT2D eigenvalue weighted by atomic mass is 19.4. The normalized spacial score (nSPS) is 14.4. The largest absolute Gasteiger partial charge is 0.486 e. The summed E-state index contributed by atoms with van der Waals surface area (Å²) in [6, 6.07) is 14.1. The molecular weight excluding hydrogens is 291 g/mol. The summed E-state index contributed by atoms with van der Waals surface area (Å²) in [4.78, 5) is 0. The van der Waals surface area contributed by atoms with Gasteiger partial charge in [-0.2, -0.15) is 13.2 Å². The summed E-state index contributed by atoms with van der Waals surface area (Å²) < 4.78 is 43.5. The molecule has 2 N–H and O–H groups in total. The molecule has 0 bridgehead atoms. The van der Waals surface area contributed by atoms with Crippen molar-refractivity contribution in [2.24, 2.45) is 5.73 Å². The van der Waals surface area contributed by atoms with E-state index in [-0.39, 0.29) is 12.1 Å². The number of ether oxygens (including phenoxy) is 1. The van der Waals surface area contributed by atoms with Crippen LogP contribution in [0.4, 0.5) is 13.2 Å². The number of hydrogen-bond donors (Lipinski definition) is 1. The van der Waals surface area contributed by atoms with Crippen molar-refractivity contribution >= 4 is 0 Å². The van der Waals surface area contributed by atoms with Crippen molar-refractivity contribution in [2.75, 3.05) is 0 Å². The van der Waals surface area contributed by atoms with Gasteiger partial charge in [0, 0.05) is 12.5 Å². The van der Waals surface area contributed by atoms with Crippen LogP contribution in [-0.2, 0) is 6.18 Å². The van der Waals surface area contributed by atoms with Gasteiger partial charge in [0.05, 0.1) is 5.56 Å². The van der Waals surface area contributed by atoms with Gasteiger partial charge in [-0.1, -0.05) is 30.3 Å². The zero-order valence-electron chi connectivity index (χ0n) is 12.2. The molecule has 2 atom stereocenters. The van der Waals surface area contributed by atoms with Crippen LogP contribution in [0.15, 0.2) is 54.6 Å². The second-order valence-corrected chi connectivity index (χ2v) is 5.25. The highest BCUT2D eigenvalue weighted by molar-refractivity contribution is 5.30. The van der Waals surface area contributed by atoms with E-state index in [9.17, 15) is 13.2 Å². The van der Waals surface area contributed by atoms with Crippen LogP contribution < -0.4 is 10.5 Å². The van der Waals surface area contributed by atoms with E-state index in [1.807, 2.05) is 37.3 Å². The van der Waals surface area contributed by atoms with E-state index in [1.165, 1.54) is 12.1 Å². The molecule has 2 aromatic carbocycles. The van der Waals surface area contributed by atoms with E-state index in [4.69, 9.17) is 10.5 Å². The molecular formula is C17H18F3NO. The summed E-state index contributed by atoms with van der Waals surface area (Å²) in [5, 5.41) is 0. The third-order valence-corrected chi connectivity index (χ3v) is 3.22. The van der Waals surface area contributed by atoms with E-state index in [2.05, 4.69) is 0 Å². The first kappa shape index (κ1) is 16.4. The van der Waals surface area contributed by atoms with Crippen molar-refractivity contribution in [3.8, 4) is 5.75 Å². The molecule has 2 nitrogen and oxygen atoms in total. The molecule has 5 heteroatoms. The summed E-state index contributed by atoms with van der Waals surface area (Å²) >= 11 is 0. The van der Waals surface area contributed by atoms with E-state index in [1.54, 1.807) is 0 Å². The molecule has 0 aliphatic heterocycles. The van der Waals surface area contributed by atoms with Gasteiger partial charge in [0.25, 0.3) is 0 Å². The number of nitrogens with two attached hydrogens (primary N) is 1. The van der Waals surface area contributed by atoms with E-state index in [0.29, 0.717) is 12.2 Å².